The van der Waals surface area contributed by atoms with E-state index < -0.39 is 0 Å². The first-order valence-corrected chi connectivity index (χ1v) is 7.99. The summed E-state index contributed by atoms with van der Waals surface area (Å²) in [6, 6.07) is 9.68. The van der Waals surface area contributed by atoms with Crippen LogP contribution in [0.2, 0.25) is 0 Å². The molecule has 1 aromatic carbocycles. The normalized spacial score (nSPS) is 27.6. The van der Waals surface area contributed by atoms with Gasteiger partial charge >= 0.3 is 0 Å². The molecule has 2 aliphatic carbocycles. The van der Waals surface area contributed by atoms with Crippen LogP contribution in [0, 0.1) is 17.8 Å². The van der Waals surface area contributed by atoms with E-state index in [2.05, 4.69) is 0 Å². The molecule has 2 aliphatic rings. The van der Waals surface area contributed by atoms with Crippen molar-refractivity contribution in [2.24, 2.45) is 17.8 Å². The molecule has 3 atom stereocenters. The molecule has 0 bridgehead atoms. The molecule has 3 rings (SSSR count). The molecule has 0 aromatic heterocycles. The van der Waals surface area contributed by atoms with Gasteiger partial charge in [-0.2, -0.15) is 0 Å². The maximum Gasteiger partial charge on any atom is 0.136 e. The summed E-state index contributed by atoms with van der Waals surface area (Å²) in [5.41, 5.74) is 0. The van der Waals surface area contributed by atoms with Crippen molar-refractivity contribution >= 4 is 11.6 Å². The third-order valence-corrected chi connectivity index (χ3v) is 4.95. The molecule has 2 unspecified atom stereocenters. The summed E-state index contributed by atoms with van der Waals surface area (Å²) in [4.78, 5) is 24.0. The number of ether oxygens (including phenoxy) is 1. The number of fused-ring (bicyclic) bond motifs is 1. The molecule has 0 aliphatic heterocycles. The highest BCUT2D eigenvalue weighted by Crippen LogP contribution is 2.46. The number of hydrogen-bond acceptors (Lipinski definition) is 3. The third kappa shape index (κ3) is 3.17. The van der Waals surface area contributed by atoms with Crippen LogP contribution in [0.15, 0.2) is 30.3 Å². The van der Waals surface area contributed by atoms with Crippen LogP contribution in [0.3, 0.4) is 0 Å². The zero-order chi connectivity index (χ0) is 14.7. The Bertz CT molecular complexity index is 508. The maximum absolute atomic E-state index is 12.3. The highest BCUT2D eigenvalue weighted by Gasteiger charge is 2.46. The molecule has 3 heteroatoms. The van der Waals surface area contributed by atoms with Crippen LogP contribution in [-0.4, -0.2) is 18.2 Å². The molecule has 0 amide bonds. The van der Waals surface area contributed by atoms with Crippen LogP contribution in [0.1, 0.15) is 38.5 Å². The Morgan fingerprint density at radius 1 is 1.14 bits per heavy atom. The van der Waals surface area contributed by atoms with E-state index in [-0.39, 0.29) is 11.8 Å². The molecule has 0 radical (unpaired) electrons. The Balaban J connectivity index is 1.42. The van der Waals surface area contributed by atoms with Crippen LogP contribution in [0.5, 0.6) is 5.75 Å². The van der Waals surface area contributed by atoms with E-state index in [0.717, 1.165) is 31.4 Å². The van der Waals surface area contributed by atoms with Crippen molar-refractivity contribution in [2.45, 2.75) is 38.5 Å². The number of para-hydroxylation sites is 1. The Morgan fingerprint density at radius 3 is 2.76 bits per heavy atom. The zero-order valence-electron chi connectivity index (χ0n) is 12.3. The Morgan fingerprint density at radius 2 is 1.95 bits per heavy atom. The lowest BCUT2D eigenvalue weighted by molar-refractivity contribution is -0.124. The predicted molar refractivity (Wildman–Crippen MR) is 80.1 cm³/mol. The summed E-state index contributed by atoms with van der Waals surface area (Å²) < 4.78 is 5.62. The van der Waals surface area contributed by atoms with Gasteiger partial charge in [0, 0.05) is 24.7 Å². The average molecular weight is 286 g/mol. The SMILES string of the molecule is O=C1CCC2C1CC[C@H]2C(=O)CCCOc1ccccc1. The fourth-order valence-electron chi connectivity index (χ4n) is 3.90. The lowest BCUT2D eigenvalue weighted by Gasteiger charge is -2.16. The van der Waals surface area contributed by atoms with Crippen molar-refractivity contribution in [3.05, 3.63) is 30.3 Å². The van der Waals surface area contributed by atoms with Crippen molar-refractivity contribution in [1.29, 1.82) is 0 Å². The van der Waals surface area contributed by atoms with Crippen LogP contribution in [0.4, 0.5) is 0 Å². The fraction of sp³-hybridized carbons (Fsp3) is 0.556. The second-order valence-corrected chi connectivity index (χ2v) is 6.19. The van der Waals surface area contributed by atoms with Crippen LogP contribution in [0.25, 0.3) is 0 Å². The van der Waals surface area contributed by atoms with Crippen molar-refractivity contribution in [1.82, 2.24) is 0 Å². The minimum atomic E-state index is 0.137. The minimum Gasteiger partial charge on any atom is -0.494 e. The summed E-state index contributed by atoms with van der Waals surface area (Å²) in [5.74, 6) is 2.27. The summed E-state index contributed by atoms with van der Waals surface area (Å²) in [6.07, 6.45) is 4.81. The quantitative estimate of drug-likeness (QED) is 0.753. The number of Topliss-reactive ketones (excluding diaryl/α,β-unsaturated/α-hetero) is 2. The fourth-order valence-corrected chi connectivity index (χ4v) is 3.90. The molecule has 2 saturated carbocycles. The molecule has 1 aromatic rings. The van der Waals surface area contributed by atoms with Gasteiger partial charge < -0.3 is 4.74 Å². The van der Waals surface area contributed by atoms with Gasteiger partial charge in [-0.05, 0) is 43.7 Å². The highest BCUT2D eigenvalue weighted by molar-refractivity contribution is 5.88. The predicted octanol–water partition coefficient (Wildman–Crippen LogP) is 3.42. The first-order chi connectivity index (χ1) is 10.3. The molecular weight excluding hydrogens is 264 g/mol. The third-order valence-electron chi connectivity index (χ3n) is 4.95. The number of benzene rings is 1. The molecule has 0 N–H and O–H groups in total. The number of carbonyl (C=O) groups excluding carboxylic acids is 2. The first kappa shape index (κ1) is 14.3. The minimum absolute atomic E-state index is 0.137. The molecule has 3 nitrogen and oxygen atoms in total. The van der Waals surface area contributed by atoms with E-state index in [1.807, 2.05) is 30.3 Å². The Labute approximate surface area is 125 Å². The molecule has 2 fully saturated rings. The standard InChI is InChI=1S/C18H22O3/c19-17(7-4-12-21-13-5-2-1-3-6-13)15-8-9-16-14(15)10-11-18(16)20/h1-3,5-6,14-16H,4,7-12H2/t14?,15-,16?/m1/s1. The molecule has 0 spiro atoms. The van der Waals surface area contributed by atoms with Gasteiger partial charge in [0.15, 0.2) is 0 Å². The van der Waals surface area contributed by atoms with Crippen molar-refractivity contribution in [3.63, 3.8) is 0 Å². The highest BCUT2D eigenvalue weighted by atomic mass is 16.5. The largest absolute Gasteiger partial charge is 0.494 e. The average Bonchev–Trinajstić information content (AvgIpc) is 3.08. The second-order valence-electron chi connectivity index (χ2n) is 6.19. The van der Waals surface area contributed by atoms with E-state index in [1.54, 1.807) is 0 Å². The zero-order valence-corrected chi connectivity index (χ0v) is 12.3. The van der Waals surface area contributed by atoms with Gasteiger partial charge in [-0.3, -0.25) is 9.59 Å². The van der Waals surface area contributed by atoms with Crippen LogP contribution < -0.4 is 4.74 Å². The van der Waals surface area contributed by atoms with Crippen molar-refractivity contribution in [3.8, 4) is 5.75 Å². The summed E-state index contributed by atoms with van der Waals surface area (Å²) in [6.45, 7) is 0.579. The second kappa shape index (κ2) is 6.42. The number of ketones is 2. The van der Waals surface area contributed by atoms with E-state index >= 15 is 0 Å². The van der Waals surface area contributed by atoms with Crippen LogP contribution >= 0.6 is 0 Å². The van der Waals surface area contributed by atoms with Gasteiger partial charge in [-0.25, -0.2) is 0 Å². The van der Waals surface area contributed by atoms with Gasteiger partial charge in [0.1, 0.15) is 17.3 Å². The van der Waals surface area contributed by atoms with Gasteiger partial charge in [0.05, 0.1) is 6.61 Å². The van der Waals surface area contributed by atoms with Crippen molar-refractivity contribution < 1.29 is 14.3 Å². The summed E-state index contributed by atoms with van der Waals surface area (Å²) in [7, 11) is 0. The first-order valence-electron chi connectivity index (χ1n) is 7.99. The van der Waals surface area contributed by atoms with Crippen molar-refractivity contribution in [2.75, 3.05) is 6.61 Å². The molecule has 0 saturated heterocycles. The van der Waals surface area contributed by atoms with E-state index in [4.69, 9.17) is 4.74 Å². The molecule has 21 heavy (non-hydrogen) atoms. The molecule has 0 heterocycles. The summed E-state index contributed by atoms with van der Waals surface area (Å²) in [5, 5.41) is 0. The number of rotatable bonds is 6. The van der Waals surface area contributed by atoms with Gasteiger partial charge in [-0.1, -0.05) is 18.2 Å². The Kier molecular flexibility index (Phi) is 4.37. The van der Waals surface area contributed by atoms with E-state index in [9.17, 15) is 9.59 Å². The van der Waals surface area contributed by atoms with Gasteiger partial charge in [0.2, 0.25) is 0 Å². The van der Waals surface area contributed by atoms with E-state index in [1.165, 1.54) is 0 Å². The lowest BCUT2D eigenvalue weighted by Crippen LogP contribution is -2.21. The van der Waals surface area contributed by atoms with Crippen LogP contribution in [-0.2, 0) is 9.59 Å². The number of carbonyl (C=O) groups is 2. The van der Waals surface area contributed by atoms with Gasteiger partial charge in [0.25, 0.3) is 0 Å². The molecular formula is C18H22O3. The lowest BCUT2D eigenvalue weighted by atomic mass is 9.87. The Hall–Kier alpha value is -1.64. The monoisotopic (exact) mass is 286 g/mol. The van der Waals surface area contributed by atoms with E-state index in [0.29, 0.717) is 36.9 Å². The number of hydrogen-bond donors (Lipinski definition) is 0. The topological polar surface area (TPSA) is 43.4 Å². The molecule has 112 valence electrons. The van der Waals surface area contributed by atoms with Gasteiger partial charge in [-0.15, -0.1) is 0 Å². The smallest absolute Gasteiger partial charge is 0.136 e. The summed E-state index contributed by atoms with van der Waals surface area (Å²) >= 11 is 0. The maximum atomic E-state index is 12.3.